The van der Waals surface area contributed by atoms with Crippen LogP contribution in [0.4, 0.5) is 0 Å². The molecular weight excluding hydrogens is 326 g/mol. The molecule has 0 atom stereocenters. The summed E-state index contributed by atoms with van der Waals surface area (Å²) in [6.45, 7) is 0.208. The van der Waals surface area contributed by atoms with Gasteiger partial charge >= 0.3 is 0 Å². The predicted octanol–water partition coefficient (Wildman–Crippen LogP) is 2.46. The van der Waals surface area contributed by atoms with Crippen LogP contribution in [-0.2, 0) is 16.6 Å². The van der Waals surface area contributed by atoms with Crippen LogP contribution in [0.25, 0.3) is 10.8 Å². The third-order valence-corrected chi connectivity index (χ3v) is 5.40. The van der Waals surface area contributed by atoms with Crippen LogP contribution in [0.1, 0.15) is 5.56 Å². The molecule has 7 heteroatoms. The Morgan fingerprint density at radius 3 is 2.67 bits per heavy atom. The first-order valence-corrected chi connectivity index (χ1v) is 8.77. The number of ether oxygens (including phenoxy) is 1. The highest BCUT2D eigenvalue weighted by atomic mass is 32.2. The molecule has 1 aromatic heterocycles. The Hall–Kier alpha value is -2.51. The molecule has 0 fully saturated rings. The summed E-state index contributed by atoms with van der Waals surface area (Å²) in [5.74, 6) is 0.425. The van der Waals surface area contributed by atoms with E-state index in [1.165, 1.54) is 18.4 Å². The molecule has 0 bridgehead atoms. The molecule has 0 aliphatic rings. The number of nitrogens with zero attached hydrogens (tertiary/aromatic N) is 3. The van der Waals surface area contributed by atoms with Gasteiger partial charge in [-0.2, -0.15) is 5.10 Å². The predicted molar refractivity (Wildman–Crippen MR) is 91.2 cm³/mol. The summed E-state index contributed by atoms with van der Waals surface area (Å²) in [6.07, 6.45) is 1.67. The largest absolute Gasteiger partial charge is 0.471 e. The maximum absolute atomic E-state index is 12.2. The van der Waals surface area contributed by atoms with E-state index in [-0.39, 0.29) is 11.5 Å². The van der Waals surface area contributed by atoms with Crippen LogP contribution in [0, 0.1) is 0 Å². The molecule has 2 aromatic carbocycles. The van der Waals surface area contributed by atoms with Gasteiger partial charge in [-0.05, 0) is 23.8 Å². The van der Waals surface area contributed by atoms with Crippen molar-refractivity contribution >= 4 is 20.8 Å². The Labute approximate surface area is 140 Å². The van der Waals surface area contributed by atoms with Crippen LogP contribution < -0.4 is 4.74 Å². The van der Waals surface area contributed by atoms with Gasteiger partial charge in [0, 0.05) is 24.9 Å². The van der Waals surface area contributed by atoms with Gasteiger partial charge < -0.3 is 4.74 Å². The smallest absolute Gasteiger partial charge is 0.242 e. The highest BCUT2D eigenvalue weighted by Gasteiger charge is 2.17. The average Bonchev–Trinajstić information content (AvgIpc) is 2.60. The second-order valence-electron chi connectivity index (χ2n) is 5.46. The number of hydrogen-bond acceptors (Lipinski definition) is 5. The first-order valence-electron chi connectivity index (χ1n) is 7.33. The van der Waals surface area contributed by atoms with Crippen molar-refractivity contribution in [3.05, 3.63) is 60.3 Å². The minimum absolute atomic E-state index is 0.208. The molecule has 0 amide bonds. The first-order chi connectivity index (χ1) is 11.5. The molecule has 0 saturated heterocycles. The Morgan fingerprint density at radius 2 is 1.88 bits per heavy atom. The molecule has 3 rings (SSSR count). The Bertz CT molecular complexity index is 966. The summed E-state index contributed by atoms with van der Waals surface area (Å²) >= 11 is 0. The lowest BCUT2D eigenvalue weighted by Gasteiger charge is -2.12. The van der Waals surface area contributed by atoms with E-state index in [9.17, 15) is 8.42 Å². The van der Waals surface area contributed by atoms with E-state index in [2.05, 4.69) is 10.2 Å². The molecule has 3 aromatic rings. The first kappa shape index (κ1) is 16.4. The van der Waals surface area contributed by atoms with Gasteiger partial charge in [-0.3, -0.25) is 0 Å². The van der Waals surface area contributed by atoms with Crippen LogP contribution >= 0.6 is 0 Å². The summed E-state index contributed by atoms with van der Waals surface area (Å²) in [5, 5.41) is 9.75. The van der Waals surface area contributed by atoms with E-state index >= 15 is 0 Å². The van der Waals surface area contributed by atoms with Crippen LogP contribution in [0.5, 0.6) is 5.88 Å². The molecule has 1 heterocycles. The molecule has 0 N–H and O–H groups in total. The fourth-order valence-corrected chi connectivity index (χ4v) is 3.24. The number of fused-ring (bicyclic) bond motifs is 1. The maximum Gasteiger partial charge on any atom is 0.242 e. The third kappa shape index (κ3) is 3.22. The second kappa shape index (κ2) is 6.54. The minimum atomic E-state index is -3.47. The molecule has 0 aliphatic heterocycles. The average molecular weight is 343 g/mol. The van der Waals surface area contributed by atoms with Crippen molar-refractivity contribution in [1.82, 2.24) is 14.5 Å². The number of sulfonamides is 1. The summed E-state index contributed by atoms with van der Waals surface area (Å²) in [4.78, 5) is 0.234. The van der Waals surface area contributed by atoms with Gasteiger partial charge in [-0.25, -0.2) is 12.7 Å². The van der Waals surface area contributed by atoms with Gasteiger partial charge in [0.25, 0.3) is 0 Å². The highest BCUT2D eigenvalue weighted by molar-refractivity contribution is 7.89. The quantitative estimate of drug-likeness (QED) is 0.711. The molecule has 6 nitrogen and oxygen atoms in total. The zero-order valence-electron chi connectivity index (χ0n) is 13.4. The van der Waals surface area contributed by atoms with Gasteiger partial charge in [-0.15, -0.1) is 5.10 Å². The summed E-state index contributed by atoms with van der Waals surface area (Å²) in [7, 11) is -0.459. The lowest BCUT2D eigenvalue weighted by atomic mass is 10.2. The van der Waals surface area contributed by atoms with Crippen molar-refractivity contribution in [1.29, 1.82) is 0 Å². The van der Waals surface area contributed by atoms with E-state index in [0.29, 0.717) is 5.88 Å². The summed E-state index contributed by atoms with van der Waals surface area (Å²) < 4.78 is 31.3. The number of aromatic nitrogens is 2. The van der Waals surface area contributed by atoms with Gasteiger partial charge in [0.2, 0.25) is 15.9 Å². The van der Waals surface area contributed by atoms with Gasteiger partial charge in [0.05, 0.1) is 11.1 Å². The van der Waals surface area contributed by atoms with E-state index in [1.807, 2.05) is 30.3 Å². The van der Waals surface area contributed by atoms with E-state index in [0.717, 1.165) is 16.3 Å². The van der Waals surface area contributed by atoms with E-state index in [4.69, 9.17) is 4.74 Å². The molecule has 0 saturated carbocycles. The second-order valence-corrected chi connectivity index (χ2v) is 7.61. The minimum Gasteiger partial charge on any atom is -0.471 e. The fraction of sp³-hybridized carbons (Fsp3) is 0.176. The molecule has 24 heavy (non-hydrogen) atoms. The lowest BCUT2D eigenvalue weighted by Crippen LogP contribution is -2.22. The number of rotatable bonds is 5. The maximum atomic E-state index is 12.2. The van der Waals surface area contributed by atoms with Crippen molar-refractivity contribution in [2.75, 3.05) is 14.1 Å². The van der Waals surface area contributed by atoms with Crippen LogP contribution in [0.15, 0.2) is 59.6 Å². The van der Waals surface area contributed by atoms with Crippen molar-refractivity contribution in [2.24, 2.45) is 0 Å². The van der Waals surface area contributed by atoms with Crippen molar-refractivity contribution in [2.45, 2.75) is 11.5 Å². The molecule has 0 unspecified atom stereocenters. The lowest BCUT2D eigenvalue weighted by molar-refractivity contribution is 0.294. The SMILES string of the molecule is CN(C)S(=O)(=O)c1cccc(COc2nncc3ccccc23)c1. The highest BCUT2D eigenvalue weighted by Crippen LogP contribution is 2.23. The summed E-state index contributed by atoms with van der Waals surface area (Å²) in [6, 6.07) is 14.3. The standard InChI is InChI=1S/C17H17N3O3S/c1-20(2)24(21,22)15-8-5-6-13(10-15)12-23-17-16-9-4-3-7-14(16)11-18-19-17/h3-11H,12H2,1-2H3. The van der Waals surface area contributed by atoms with Crippen LogP contribution in [0.2, 0.25) is 0 Å². The molecule has 0 aliphatic carbocycles. The van der Waals surface area contributed by atoms with Gasteiger partial charge in [-0.1, -0.05) is 30.3 Å². The fourth-order valence-electron chi connectivity index (χ4n) is 2.27. The Balaban J connectivity index is 1.85. The topological polar surface area (TPSA) is 72.4 Å². The molecular formula is C17H17N3O3S. The van der Waals surface area contributed by atoms with Gasteiger partial charge in [0.1, 0.15) is 6.61 Å². The van der Waals surface area contributed by atoms with Crippen molar-refractivity contribution in [3.63, 3.8) is 0 Å². The van der Waals surface area contributed by atoms with Crippen LogP contribution in [-0.4, -0.2) is 37.0 Å². The van der Waals surface area contributed by atoms with E-state index < -0.39 is 10.0 Å². The number of benzene rings is 2. The zero-order chi connectivity index (χ0) is 17.2. The zero-order valence-corrected chi connectivity index (χ0v) is 14.2. The Kier molecular flexibility index (Phi) is 4.46. The monoisotopic (exact) mass is 343 g/mol. The Morgan fingerprint density at radius 1 is 1.08 bits per heavy atom. The summed E-state index contributed by atoms with van der Waals surface area (Å²) in [5.41, 5.74) is 0.743. The van der Waals surface area contributed by atoms with Crippen LogP contribution in [0.3, 0.4) is 0 Å². The van der Waals surface area contributed by atoms with Crippen molar-refractivity contribution < 1.29 is 13.2 Å². The normalized spacial score (nSPS) is 11.8. The number of hydrogen-bond donors (Lipinski definition) is 0. The van der Waals surface area contributed by atoms with Gasteiger partial charge in [0.15, 0.2) is 0 Å². The van der Waals surface area contributed by atoms with E-state index in [1.54, 1.807) is 24.4 Å². The molecule has 0 spiro atoms. The third-order valence-electron chi connectivity index (χ3n) is 3.59. The molecule has 124 valence electrons. The molecule has 0 radical (unpaired) electrons. The van der Waals surface area contributed by atoms with Crippen molar-refractivity contribution in [3.8, 4) is 5.88 Å².